The molecule has 0 bridgehead atoms. The summed E-state index contributed by atoms with van der Waals surface area (Å²) in [5.74, 6) is 0.651. The molecule has 0 saturated carbocycles. The van der Waals surface area contributed by atoms with Gasteiger partial charge in [-0.1, -0.05) is 12.1 Å². The summed E-state index contributed by atoms with van der Waals surface area (Å²) in [7, 11) is 1.62. The molecule has 1 aromatic carbocycles. The molecule has 5 rings (SSSR count). The quantitative estimate of drug-likeness (QED) is 0.535. The molecule has 1 saturated heterocycles. The number of nitrogens with zero attached hydrogens (tertiary/aromatic N) is 4. The maximum absolute atomic E-state index is 13.3. The highest BCUT2D eigenvalue weighted by molar-refractivity contribution is 5.99. The van der Waals surface area contributed by atoms with E-state index in [9.17, 15) is 9.90 Å². The van der Waals surface area contributed by atoms with E-state index in [4.69, 9.17) is 4.74 Å². The molecule has 1 aliphatic rings. The number of aliphatic hydroxyl groups is 1. The largest absolute Gasteiger partial charge is 0.494 e. The number of likely N-dealkylation sites (tertiary alicyclic amines) is 1. The van der Waals surface area contributed by atoms with Crippen LogP contribution < -0.4 is 4.74 Å². The Labute approximate surface area is 186 Å². The summed E-state index contributed by atoms with van der Waals surface area (Å²) < 4.78 is 7.45. The monoisotopic (exact) mass is 430 g/mol. The molecule has 0 radical (unpaired) electrons. The van der Waals surface area contributed by atoms with Gasteiger partial charge in [-0.3, -0.25) is 9.78 Å². The highest BCUT2D eigenvalue weighted by Crippen LogP contribution is 2.29. The van der Waals surface area contributed by atoms with E-state index in [1.54, 1.807) is 13.3 Å². The number of para-hydroxylation sites is 1. The summed E-state index contributed by atoms with van der Waals surface area (Å²) in [5.41, 5.74) is 2.18. The number of fused-ring (bicyclic) bond motifs is 2. The first-order valence-electron chi connectivity index (χ1n) is 10.8. The van der Waals surface area contributed by atoms with Crippen molar-refractivity contribution < 1.29 is 14.6 Å². The van der Waals surface area contributed by atoms with Crippen LogP contribution in [0.25, 0.3) is 21.8 Å². The van der Waals surface area contributed by atoms with Crippen LogP contribution in [0.2, 0.25) is 0 Å². The van der Waals surface area contributed by atoms with E-state index < -0.39 is 5.60 Å². The lowest BCUT2D eigenvalue weighted by Gasteiger charge is -2.38. The van der Waals surface area contributed by atoms with Gasteiger partial charge in [0.2, 0.25) is 0 Å². The normalized spacial score (nSPS) is 15.9. The number of hydrogen-bond donors (Lipinski definition) is 1. The Kier molecular flexibility index (Phi) is 5.06. The first kappa shape index (κ1) is 20.5. The van der Waals surface area contributed by atoms with Gasteiger partial charge in [-0.15, -0.1) is 0 Å². The Hall–Kier alpha value is -3.45. The zero-order chi connectivity index (χ0) is 22.3. The highest BCUT2D eigenvalue weighted by atomic mass is 16.5. The molecular formula is C25H26N4O3. The third kappa shape index (κ3) is 3.58. The molecule has 1 aliphatic heterocycles. The van der Waals surface area contributed by atoms with Gasteiger partial charge in [0.25, 0.3) is 5.91 Å². The Morgan fingerprint density at radius 3 is 2.78 bits per heavy atom. The second-order valence-electron chi connectivity index (χ2n) is 8.55. The van der Waals surface area contributed by atoms with E-state index in [1.807, 2.05) is 65.2 Å². The number of benzene rings is 1. The van der Waals surface area contributed by atoms with Crippen molar-refractivity contribution in [3.05, 3.63) is 66.2 Å². The minimum absolute atomic E-state index is 0.0441. The minimum Gasteiger partial charge on any atom is -0.494 e. The van der Waals surface area contributed by atoms with Gasteiger partial charge in [-0.25, -0.2) is 4.98 Å². The summed E-state index contributed by atoms with van der Waals surface area (Å²) >= 11 is 0. The summed E-state index contributed by atoms with van der Waals surface area (Å²) in [6.07, 6.45) is 6.62. The number of piperidine rings is 1. The van der Waals surface area contributed by atoms with E-state index in [-0.39, 0.29) is 5.91 Å². The van der Waals surface area contributed by atoms with Gasteiger partial charge in [0.1, 0.15) is 11.3 Å². The molecule has 3 aromatic heterocycles. The Bertz CT molecular complexity index is 1310. The van der Waals surface area contributed by atoms with Crippen LogP contribution >= 0.6 is 0 Å². The number of amides is 1. The van der Waals surface area contributed by atoms with Gasteiger partial charge in [0.05, 0.1) is 42.2 Å². The van der Waals surface area contributed by atoms with Gasteiger partial charge in [0, 0.05) is 36.3 Å². The molecule has 164 valence electrons. The second kappa shape index (κ2) is 7.91. The van der Waals surface area contributed by atoms with Crippen LogP contribution in [-0.4, -0.2) is 56.2 Å². The smallest absolute Gasteiger partial charge is 0.255 e. The molecule has 4 heterocycles. The SMILES string of the molecule is COc1cccc2cc(C(=O)N3CCC(O)(Cn4ccc5ccncc54)CC3)c(C)nc12. The van der Waals surface area contributed by atoms with Crippen molar-refractivity contribution in [2.75, 3.05) is 20.2 Å². The second-order valence-corrected chi connectivity index (χ2v) is 8.55. The van der Waals surface area contributed by atoms with Gasteiger partial charge in [-0.2, -0.15) is 0 Å². The number of carbonyl (C=O) groups excluding carboxylic acids is 1. The van der Waals surface area contributed by atoms with Gasteiger partial charge in [0.15, 0.2) is 0 Å². The number of pyridine rings is 2. The van der Waals surface area contributed by atoms with Crippen molar-refractivity contribution >= 4 is 27.7 Å². The number of methoxy groups -OCH3 is 1. The first-order chi connectivity index (χ1) is 15.5. The predicted molar refractivity (Wildman–Crippen MR) is 123 cm³/mol. The zero-order valence-corrected chi connectivity index (χ0v) is 18.3. The maximum Gasteiger partial charge on any atom is 0.255 e. The van der Waals surface area contributed by atoms with Gasteiger partial charge in [-0.05, 0) is 44.0 Å². The van der Waals surface area contributed by atoms with Crippen LogP contribution in [0.5, 0.6) is 5.75 Å². The fourth-order valence-corrected chi connectivity index (χ4v) is 4.58. The molecule has 1 fully saturated rings. The highest BCUT2D eigenvalue weighted by Gasteiger charge is 2.35. The fourth-order valence-electron chi connectivity index (χ4n) is 4.58. The summed E-state index contributed by atoms with van der Waals surface area (Å²) in [6.45, 7) is 3.34. The third-order valence-electron chi connectivity index (χ3n) is 6.47. The van der Waals surface area contributed by atoms with Crippen molar-refractivity contribution in [2.24, 2.45) is 0 Å². The number of rotatable bonds is 4. The molecular weight excluding hydrogens is 404 g/mol. The lowest BCUT2D eigenvalue weighted by molar-refractivity contribution is -0.0284. The average Bonchev–Trinajstić information content (AvgIpc) is 3.20. The van der Waals surface area contributed by atoms with Crippen LogP contribution in [0.4, 0.5) is 0 Å². The maximum atomic E-state index is 13.3. The number of ether oxygens (including phenoxy) is 1. The van der Waals surface area contributed by atoms with E-state index in [2.05, 4.69) is 9.97 Å². The first-order valence-corrected chi connectivity index (χ1v) is 10.8. The lowest BCUT2D eigenvalue weighted by Crippen LogP contribution is -2.48. The molecule has 0 aliphatic carbocycles. The number of hydrogen-bond acceptors (Lipinski definition) is 5. The molecule has 7 heteroatoms. The van der Waals surface area contributed by atoms with Crippen molar-refractivity contribution in [1.82, 2.24) is 19.4 Å². The number of aromatic nitrogens is 3. The van der Waals surface area contributed by atoms with Gasteiger partial charge < -0.3 is 19.3 Å². The summed E-state index contributed by atoms with van der Waals surface area (Å²) in [4.78, 5) is 23.9. The van der Waals surface area contributed by atoms with Crippen molar-refractivity contribution in [1.29, 1.82) is 0 Å². The molecule has 0 atom stereocenters. The third-order valence-corrected chi connectivity index (χ3v) is 6.47. The van der Waals surface area contributed by atoms with Crippen molar-refractivity contribution in [2.45, 2.75) is 31.9 Å². The molecule has 1 N–H and O–H groups in total. The zero-order valence-electron chi connectivity index (χ0n) is 18.3. The number of carbonyl (C=O) groups is 1. The predicted octanol–water partition coefficient (Wildman–Crippen LogP) is 3.57. The molecule has 0 unspecified atom stereocenters. The molecule has 1 amide bonds. The van der Waals surface area contributed by atoms with Crippen LogP contribution in [-0.2, 0) is 6.54 Å². The van der Waals surface area contributed by atoms with E-state index in [1.165, 1.54) is 0 Å². The van der Waals surface area contributed by atoms with Crippen LogP contribution in [0.15, 0.2) is 55.0 Å². The van der Waals surface area contributed by atoms with Crippen LogP contribution in [0, 0.1) is 6.92 Å². The average molecular weight is 431 g/mol. The van der Waals surface area contributed by atoms with Crippen molar-refractivity contribution in [3.8, 4) is 5.75 Å². The van der Waals surface area contributed by atoms with E-state index >= 15 is 0 Å². The standard InChI is InChI=1S/C25H26N4O3/c1-17-20(14-19-4-3-5-22(32-2)23(19)27-17)24(30)28-12-8-25(31,9-13-28)16-29-11-7-18-6-10-26-15-21(18)29/h3-7,10-11,14-15,31H,8-9,12-13,16H2,1-2H3. The van der Waals surface area contributed by atoms with Crippen molar-refractivity contribution in [3.63, 3.8) is 0 Å². The molecule has 0 spiro atoms. The molecule has 4 aromatic rings. The summed E-state index contributed by atoms with van der Waals surface area (Å²) in [5, 5.41) is 13.2. The fraction of sp³-hybridized carbons (Fsp3) is 0.320. The lowest BCUT2D eigenvalue weighted by atomic mass is 9.90. The van der Waals surface area contributed by atoms with E-state index in [0.29, 0.717) is 49.5 Å². The van der Waals surface area contributed by atoms with Crippen LogP contribution in [0.3, 0.4) is 0 Å². The van der Waals surface area contributed by atoms with Crippen LogP contribution in [0.1, 0.15) is 28.9 Å². The number of aryl methyl sites for hydroxylation is 1. The molecule has 32 heavy (non-hydrogen) atoms. The topological polar surface area (TPSA) is 80.5 Å². The molecule has 7 nitrogen and oxygen atoms in total. The Morgan fingerprint density at radius 2 is 2.00 bits per heavy atom. The Morgan fingerprint density at radius 1 is 1.19 bits per heavy atom. The minimum atomic E-state index is -0.859. The Balaban J connectivity index is 1.32. The summed E-state index contributed by atoms with van der Waals surface area (Å²) in [6, 6.07) is 11.6. The van der Waals surface area contributed by atoms with Gasteiger partial charge >= 0.3 is 0 Å². The van der Waals surface area contributed by atoms with E-state index in [0.717, 1.165) is 21.8 Å².